The van der Waals surface area contributed by atoms with Crippen molar-refractivity contribution in [2.75, 3.05) is 7.11 Å². The third kappa shape index (κ3) is 3.23. The van der Waals surface area contributed by atoms with Crippen molar-refractivity contribution in [1.29, 1.82) is 0 Å². The topological polar surface area (TPSA) is 101 Å². The number of hydrogen-bond acceptors (Lipinski definition) is 6. The van der Waals surface area contributed by atoms with E-state index < -0.39 is 11.8 Å². The molecule has 2 saturated carbocycles. The summed E-state index contributed by atoms with van der Waals surface area (Å²) in [4.78, 5) is 68.9. The zero-order chi connectivity index (χ0) is 25.1. The molecule has 6 rings (SSSR count). The molecule has 0 spiro atoms. The normalized spacial score (nSPS) is 24.5. The van der Waals surface area contributed by atoms with Crippen LogP contribution in [-0.4, -0.2) is 58.6 Å². The molecule has 2 fully saturated rings. The molecule has 4 amide bonds. The van der Waals surface area contributed by atoms with Crippen LogP contribution < -0.4 is 0 Å². The van der Waals surface area contributed by atoms with Crippen LogP contribution in [0.4, 0.5) is 0 Å². The second-order valence-corrected chi connectivity index (χ2v) is 10.4. The number of nitrogens with zero attached hydrogens (tertiary/aromatic N) is 2. The molecule has 2 aromatic carbocycles. The maximum Gasteiger partial charge on any atom is 0.308 e. The predicted octanol–water partition coefficient (Wildman–Crippen LogP) is 4.10. The van der Waals surface area contributed by atoms with E-state index in [2.05, 4.69) is 0 Å². The molecule has 0 unspecified atom stereocenters. The number of amides is 4. The monoisotopic (exact) mass is 488 g/mol. The van der Waals surface area contributed by atoms with Crippen molar-refractivity contribution in [1.82, 2.24) is 9.80 Å². The van der Waals surface area contributed by atoms with E-state index in [1.165, 1.54) is 16.9 Å². The molecule has 8 heteroatoms. The fourth-order valence-electron chi connectivity index (χ4n) is 6.65. The first-order valence-electron chi connectivity index (χ1n) is 12.9. The summed E-state index contributed by atoms with van der Waals surface area (Å²) in [5.74, 6) is -1.98. The molecule has 0 aromatic heterocycles. The van der Waals surface area contributed by atoms with E-state index in [-0.39, 0.29) is 35.8 Å². The van der Waals surface area contributed by atoms with Gasteiger partial charge in [0.2, 0.25) is 0 Å². The zero-order valence-electron chi connectivity index (χ0n) is 20.2. The van der Waals surface area contributed by atoms with Crippen molar-refractivity contribution in [2.24, 2.45) is 5.92 Å². The molecule has 0 bridgehead atoms. The van der Waals surface area contributed by atoms with Gasteiger partial charge in [-0.2, -0.15) is 0 Å². The molecule has 0 radical (unpaired) electrons. The Morgan fingerprint density at radius 1 is 0.639 bits per heavy atom. The average molecular weight is 489 g/mol. The summed E-state index contributed by atoms with van der Waals surface area (Å²) in [6.07, 6.45) is 6.84. The fraction of sp³-hybridized carbons (Fsp3) is 0.464. The molecule has 2 aliphatic carbocycles. The van der Waals surface area contributed by atoms with E-state index in [1.54, 1.807) is 24.3 Å². The molecule has 0 atom stereocenters. The van der Waals surface area contributed by atoms with Crippen molar-refractivity contribution >= 4 is 40.4 Å². The van der Waals surface area contributed by atoms with Crippen molar-refractivity contribution < 1.29 is 28.7 Å². The lowest BCUT2D eigenvalue weighted by molar-refractivity contribution is -0.146. The Labute approximate surface area is 208 Å². The van der Waals surface area contributed by atoms with Gasteiger partial charge in [0, 0.05) is 45.1 Å². The molecule has 4 aliphatic rings. The number of rotatable bonds is 3. The van der Waals surface area contributed by atoms with Gasteiger partial charge in [0.25, 0.3) is 23.6 Å². The van der Waals surface area contributed by atoms with Crippen molar-refractivity contribution in [3.05, 3.63) is 46.5 Å². The first kappa shape index (κ1) is 22.9. The van der Waals surface area contributed by atoms with Crippen LogP contribution in [0.3, 0.4) is 0 Å². The fourth-order valence-corrected chi connectivity index (χ4v) is 6.65. The Morgan fingerprint density at radius 3 is 1.42 bits per heavy atom. The molecular weight excluding hydrogens is 460 g/mol. The Bertz CT molecular complexity index is 1260. The van der Waals surface area contributed by atoms with Crippen molar-refractivity contribution in [3.8, 4) is 0 Å². The summed E-state index contributed by atoms with van der Waals surface area (Å²) in [6, 6.07) is 6.09. The van der Waals surface area contributed by atoms with E-state index in [0.29, 0.717) is 58.7 Å². The van der Waals surface area contributed by atoms with Crippen LogP contribution in [0.25, 0.3) is 10.8 Å². The third-order valence-corrected chi connectivity index (χ3v) is 8.49. The number of methoxy groups -OCH3 is 1. The van der Waals surface area contributed by atoms with Crippen LogP contribution in [-0.2, 0) is 9.53 Å². The minimum atomic E-state index is -0.410. The molecule has 0 saturated heterocycles. The van der Waals surface area contributed by atoms with Crippen molar-refractivity contribution in [2.45, 2.75) is 69.9 Å². The highest BCUT2D eigenvalue weighted by Gasteiger charge is 2.44. The summed E-state index contributed by atoms with van der Waals surface area (Å²) in [6.45, 7) is 0. The highest BCUT2D eigenvalue weighted by molar-refractivity contribution is 6.33. The minimum Gasteiger partial charge on any atom is -0.469 e. The Morgan fingerprint density at radius 2 is 1.03 bits per heavy atom. The van der Waals surface area contributed by atoms with Crippen LogP contribution >= 0.6 is 0 Å². The first-order chi connectivity index (χ1) is 17.4. The Hall–Kier alpha value is -3.55. The highest BCUT2D eigenvalue weighted by Crippen LogP contribution is 2.41. The molecule has 2 aliphatic heterocycles. The molecule has 186 valence electrons. The number of imide groups is 2. The summed E-state index contributed by atoms with van der Waals surface area (Å²) in [5.41, 5.74) is 1.44. The number of benzene rings is 2. The number of carbonyl (C=O) groups excluding carboxylic acids is 5. The second-order valence-electron chi connectivity index (χ2n) is 10.4. The molecular formula is C28H28N2O6. The van der Waals surface area contributed by atoms with E-state index in [4.69, 9.17) is 4.74 Å². The van der Waals surface area contributed by atoms with E-state index in [9.17, 15) is 24.0 Å². The quantitative estimate of drug-likeness (QED) is 0.476. The largest absolute Gasteiger partial charge is 0.469 e. The van der Waals surface area contributed by atoms with E-state index in [0.717, 1.165) is 32.1 Å². The highest BCUT2D eigenvalue weighted by atomic mass is 16.5. The van der Waals surface area contributed by atoms with Crippen LogP contribution in [0.5, 0.6) is 0 Å². The molecule has 36 heavy (non-hydrogen) atoms. The van der Waals surface area contributed by atoms with E-state index >= 15 is 0 Å². The maximum atomic E-state index is 13.6. The second kappa shape index (κ2) is 8.54. The van der Waals surface area contributed by atoms with Gasteiger partial charge in [-0.1, -0.05) is 19.3 Å². The summed E-state index contributed by atoms with van der Waals surface area (Å²) in [7, 11) is 1.37. The lowest BCUT2D eigenvalue weighted by atomic mass is 9.82. The number of carbonyl (C=O) groups is 5. The number of hydrogen-bond donors (Lipinski definition) is 0. The van der Waals surface area contributed by atoms with Gasteiger partial charge >= 0.3 is 5.97 Å². The lowest BCUT2D eigenvalue weighted by Gasteiger charge is -2.39. The van der Waals surface area contributed by atoms with Gasteiger partial charge < -0.3 is 4.74 Å². The van der Waals surface area contributed by atoms with Crippen molar-refractivity contribution in [3.63, 3.8) is 0 Å². The zero-order valence-corrected chi connectivity index (χ0v) is 20.2. The minimum absolute atomic E-state index is 0.118. The van der Waals surface area contributed by atoms with Gasteiger partial charge in [-0.25, -0.2) is 0 Å². The summed E-state index contributed by atoms with van der Waals surface area (Å²) >= 11 is 0. The van der Waals surface area contributed by atoms with Gasteiger partial charge in [0.05, 0.1) is 13.0 Å². The molecule has 2 heterocycles. The smallest absolute Gasteiger partial charge is 0.308 e. The Kier molecular flexibility index (Phi) is 5.43. The van der Waals surface area contributed by atoms with Crippen LogP contribution in [0.1, 0.15) is 99.2 Å². The van der Waals surface area contributed by atoms with Crippen LogP contribution in [0.2, 0.25) is 0 Å². The predicted molar refractivity (Wildman–Crippen MR) is 130 cm³/mol. The standard InChI is InChI=1S/C28H28N2O6/c1-36-28(35)15-7-9-17(10-8-15)30-26(33)20-13-11-18-22-19(12-14-21(23(20)22)27(30)34)25(32)29(24(18)31)16-5-3-2-4-6-16/h11-17H,2-10H2,1H3. The summed E-state index contributed by atoms with van der Waals surface area (Å²) in [5, 5.41) is 0.826. The van der Waals surface area contributed by atoms with E-state index in [1.807, 2.05) is 0 Å². The van der Waals surface area contributed by atoms with Gasteiger partial charge in [0.1, 0.15) is 0 Å². The SMILES string of the molecule is COC(=O)C1CCC(N2C(=O)c3ccc4c5c(ccc(c35)C2=O)C(=O)N(C2CCCCC2)C4=O)CC1. The van der Waals surface area contributed by atoms with Crippen LogP contribution in [0, 0.1) is 5.92 Å². The van der Waals surface area contributed by atoms with Gasteiger partial charge in [0.15, 0.2) is 0 Å². The third-order valence-electron chi connectivity index (χ3n) is 8.49. The molecule has 8 nitrogen and oxygen atoms in total. The number of ether oxygens (including phenoxy) is 1. The van der Waals surface area contributed by atoms with Crippen LogP contribution in [0.15, 0.2) is 24.3 Å². The summed E-state index contributed by atoms with van der Waals surface area (Å²) < 4.78 is 4.85. The molecule has 2 aromatic rings. The Balaban J connectivity index is 1.38. The average Bonchev–Trinajstić information content (AvgIpc) is 2.91. The lowest BCUT2D eigenvalue weighted by Crippen LogP contribution is -2.50. The maximum absolute atomic E-state index is 13.6. The first-order valence-corrected chi connectivity index (χ1v) is 12.9. The van der Waals surface area contributed by atoms with Gasteiger partial charge in [-0.15, -0.1) is 0 Å². The number of esters is 1. The van der Waals surface area contributed by atoms with Gasteiger partial charge in [-0.3, -0.25) is 33.8 Å². The van der Waals surface area contributed by atoms with Gasteiger partial charge in [-0.05, 0) is 62.8 Å². The molecule has 0 N–H and O–H groups in total.